The standard InChI is InChI=1S/C17H17N3O2/c1-12-6-3-4-8-16(12)20-13(2)15(11-19-20)17(21)18-10-14-7-5-9-22-14/h3-9,11H,10H2,1-2H3,(H,18,21). The highest BCUT2D eigenvalue weighted by molar-refractivity contribution is 5.95. The first kappa shape index (κ1) is 14.1. The number of furan rings is 1. The van der Waals surface area contributed by atoms with E-state index in [-0.39, 0.29) is 5.91 Å². The summed E-state index contributed by atoms with van der Waals surface area (Å²) in [6.45, 7) is 4.27. The Labute approximate surface area is 128 Å². The summed E-state index contributed by atoms with van der Waals surface area (Å²) in [7, 11) is 0. The van der Waals surface area contributed by atoms with Crippen molar-refractivity contribution >= 4 is 5.91 Å². The van der Waals surface area contributed by atoms with Gasteiger partial charge in [0.25, 0.3) is 5.91 Å². The summed E-state index contributed by atoms with van der Waals surface area (Å²) in [4.78, 5) is 12.3. The number of carbonyl (C=O) groups is 1. The van der Waals surface area contributed by atoms with Crippen LogP contribution in [0.25, 0.3) is 5.69 Å². The summed E-state index contributed by atoms with van der Waals surface area (Å²) in [5.41, 5.74) is 3.46. The van der Waals surface area contributed by atoms with Crippen LogP contribution in [0, 0.1) is 13.8 Å². The Bertz CT molecular complexity index is 788. The average Bonchev–Trinajstić information content (AvgIpc) is 3.15. The smallest absolute Gasteiger partial charge is 0.255 e. The van der Waals surface area contributed by atoms with Crippen molar-refractivity contribution in [2.75, 3.05) is 0 Å². The lowest BCUT2D eigenvalue weighted by Gasteiger charge is -2.08. The van der Waals surface area contributed by atoms with Gasteiger partial charge in [0.05, 0.1) is 35.9 Å². The molecule has 112 valence electrons. The van der Waals surface area contributed by atoms with Crippen molar-refractivity contribution in [2.45, 2.75) is 20.4 Å². The number of para-hydroxylation sites is 1. The second-order valence-electron chi connectivity index (χ2n) is 5.10. The predicted molar refractivity (Wildman–Crippen MR) is 82.9 cm³/mol. The van der Waals surface area contributed by atoms with Gasteiger partial charge < -0.3 is 9.73 Å². The summed E-state index contributed by atoms with van der Waals surface area (Å²) in [6.07, 6.45) is 3.18. The van der Waals surface area contributed by atoms with E-state index in [0.717, 1.165) is 22.7 Å². The lowest BCUT2D eigenvalue weighted by atomic mass is 10.2. The molecule has 3 rings (SSSR count). The Hall–Kier alpha value is -2.82. The van der Waals surface area contributed by atoms with E-state index in [4.69, 9.17) is 4.42 Å². The van der Waals surface area contributed by atoms with E-state index in [9.17, 15) is 4.79 Å². The molecule has 2 heterocycles. The Morgan fingerprint density at radius 3 is 2.77 bits per heavy atom. The number of aryl methyl sites for hydroxylation is 1. The van der Waals surface area contributed by atoms with Gasteiger partial charge in [-0.05, 0) is 37.6 Å². The molecule has 0 atom stereocenters. The van der Waals surface area contributed by atoms with Gasteiger partial charge >= 0.3 is 0 Å². The van der Waals surface area contributed by atoms with E-state index in [2.05, 4.69) is 10.4 Å². The topological polar surface area (TPSA) is 60.1 Å². The maximum atomic E-state index is 12.3. The van der Waals surface area contributed by atoms with Crippen molar-refractivity contribution in [1.29, 1.82) is 0 Å². The number of rotatable bonds is 4. The lowest BCUT2D eigenvalue weighted by Crippen LogP contribution is -2.23. The first-order chi connectivity index (χ1) is 10.7. The molecule has 2 aromatic heterocycles. The summed E-state index contributed by atoms with van der Waals surface area (Å²) in [5.74, 6) is 0.561. The molecular weight excluding hydrogens is 278 g/mol. The Balaban J connectivity index is 1.81. The van der Waals surface area contributed by atoms with Crippen LogP contribution in [0.2, 0.25) is 0 Å². The van der Waals surface area contributed by atoms with E-state index < -0.39 is 0 Å². The quantitative estimate of drug-likeness (QED) is 0.805. The molecule has 0 spiro atoms. The first-order valence-electron chi connectivity index (χ1n) is 7.08. The third-order valence-corrected chi connectivity index (χ3v) is 3.60. The van der Waals surface area contributed by atoms with Crippen molar-refractivity contribution in [1.82, 2.24) is 15.1 Å². The molecule has 0 saturated heterocycles. The SMILES string of the molecule is Cc1ccccc1-n1ncc(C(=O)NCc2ccco2)c1C. The Kier molecular flexibility index (Phi) is 3.78. The minimum atomic E-state index is -0.159. The van der Waals surface area contributed by atoms with E-state index in [1.54, 1.807) is 23.2 Å². The molecule has 0 fully saturated rings. The monoisotopic (exact) mass is 295 g/mol. The van der Waals surface area contributed by atoms with Crippen molar-refractivity contribution < 1.29 is 9.21 Å². The van der Waals surface area contributed by atoms with Gasteiger partial charge in [-0.2, -0.15) is 5.10 Å². The molecule has 5 heteroatoms. The summed E-state index contributed by atoms with van der Waals surface area (Å²) in [5, 5.41) is 7.18. The number of aromatic nitrogens is 2. The fourth-order valence-electron chi connectivity index (χ4n) is 2.35. The van der Waals surface area contributed by atoms with Crippen molar-refractivity contribution in [3.63, 3.8) is 0 Å². The van der Waals surface area contributed by atoms with Crippen molar-refractivity contribution in [2.24, 2.45) is 0 Å². The van der Waals surface area contributed by atoms with Gasteiger partial charge in [-0.15, -0.1) is 0 Å². The van der Waals surface area contributed by atoms with Crippen LogP contribution in [0.15, 0.2) is 53.3 Å². The molecule has 1 N–H and O–H groups in total. The molecule has 1 amide bonds. The summed E-state index contributed by atoms with van der Waals surface area (Å²) >= 11 is 0. The van der Waals surface area contributed by atoms with Gasteiger partial charge in [0, 0.05) is 0 Å². The minimum absolute atomic E-state index is 0.159. The first-order valence-corrected chi connectivity index (χ1v) is 7.08. The minimum Gasteiger partial charge on any atom is -0.467 e. The van der Waals surface area contributed by atoms with Crippen LogP contribution in [0.5, 0.6) is 0 Å². The maximum Gasteiger partial charge on any atom is 0.255 e. The number of hydrogen-bond donors (Lipinski definition) is 1. The number of carbonyl (C=O) groups excluding carboxylic acids is 1. The zero-order valence-corrected chi connectivity index (χ0v) is 12.5. The van der Waals surface area contributed by atoms with Crippen LogP contribution in [0.1, 0.15) is 27.4 Å². The van der Waals surface area contributed by atoms with Gasteiger partial charge in [-0.3, -0.25) is 4.79 Å². The second kappa shape index (κ2) is 5.89. The molecule has 3 aromatic rings. The molecule has 1 aromatic carbocycles. The molecule has 0 aliphatic heterocycles. The number of nitrogens with one attached hydrogen (secondary N) is 1. The van der Waals surface area contributed by atoms with Crippen LogP contribution in [-0.4, -0.2) is 15.7 Å². The average molecular weight is 295 g/mol. The predicted octanol–water partition coefficient (Wildman–Crippen LogP) is 3.01. The zero-order valence-electron chi connectivity index (χ0n) is 12.5. The van der Waals surface area contributed by atoms with Crippen molar-refractivity contribution in [3.8, 4) is 5.69 Å². The number of hydrogen-bond acceptors (Lipinski definition) is 3. The lowest BCUT2D eigenvalue weighted by molar-refractivity contribution is 0.0947. The Morgan fingerprint density at radius 2 is 2.05 bits per heavy atom. The van der Waals surface area contributed by atoms with Crippen LogP contribution < -0.4 is 5.32 Å². The van der Waals surface area contributed by atoms with Crippen LogP contribution in [0.4, 0.5) is 0 Å². The van der Waals surface area contributed by atoms with Gasteiger partial charge in [0.1, 0.15) is 5.76 Å². The van der Waals surface area contributed by atoms with Crippen LogP contribution >= 0.6 is 0 Å². The molecule has 0 radical (unpaired) electrons. The molecule has 0 aliphatic rings. The molecule has 0 unspecified atom stereocenters. The van der Waals surface area contributed by atoms with E-state index in [1.807, 2.05) is 44.2 Å². The van der Waals surface area contributed by atoms with Gasteiger partial charge in [0.2, 0.25) is 0 Å². The fourth-order valence-corrected chi connectivity index (χ4v) is 2.35. The number of nitrogens with zero attached hydrogens (tertiary/aromatic N) is 2. The molecule has 0 bridgehead atoms. The molecular formula is C17H17N3O2. The van der Waals surface area contributed by atoms with Crippen LogP contribution in [0.3, 0.4) is 0 Å². The van der Waals surface area contributed by atoms with E-state index in [0.29, 0.717) is 12.1 Å². The molecule has 0 saturated carbocycles. The highest BCUT2D eigenvalue weighted by atomic mass is 16.3. The normalized spacial score (nSPS) is 10.6. The van der Waals surface area contributed by atoms with E-state index >= 15 is 0 Å². The van der Waals surface area contributed by atoms with Crippen molar-refractivity contribution in [3.05, 3.63) is 71.4 Å². The highest BCUT2D eigenvalue weighted by Crippen LogP contribution is 2.17. The maximum absolute atomic E-state index is 12.3. The zero-order chi connectivity index (χ0) is 15.5. The molecule has 5 nitrogen and oxygen atoms in total. The second-order valence-corrected chi connectivity index (χ2v) is 5.10. The largest absolute Gasteiger partial charge is 0.467 e. The van der Waals surface area contributed by atoms with E-state index in [1.165, 1.54) is 0 Å². The number of benzene rings is 1. The number of amides is 1. The van der Waals surface area contributed by atoms with Gasteiger partial charge in [-0.25, -0.2) is 4.68 Å². The van der Waals surface area contributed by atoms with Gasteiger partial charge in [-0.1, -0.05) is 18.2 Å². The Morgan fingerprint density at radius 1 is 1.23 bits per heavy atom. The summed E-state index contributed by atoms with van der Waals surface area (Å²) in [6, 6.07) is 11.6. The summed E-state index contributed by atoms with van der Waals surface area (Å²) < 4.78 is 6.99. The third kappa shape index (κ3) is 2.65. The third-order valence-electron chi connectivity index (χ3n) is 3.60. The highest BCUT2D eigenvalue weighted by Gasteiger charge is 2.15. The van der Waals surface area contributed by atoms with Gasteiger partial charge in [0.15, 0.2) is 0 Å². The molecule has 0 aliphatic carbocycles. The van der Waals surface area contributed by atoms with Crippen LogP contribution in [-0.2, 0) is 6.54 Å². The molecule has 22 heavy (non-hydrogen) atoms. The fraction of sp³-hybridized carbons (Fsp3) is 0.176.